The third kappa shape index (κ3) is 5.70. The molecule has 0 unspecified atom stereocenters. The summed E-state index contributed by atoms with van der Waals surface area (Å²) in [5.74, 6) is -0.109. The van der Waals surface area contributed by atoms with Gasteiger partial charge >= 0.3 is 0 Å². The molecule has 160 valence electrons. The lowest BCUT2D eigenvalue weighted by Gasteiger charge is -2.27. The van der Waals surface area contributed by atoms with E-state index >= 15 is 0 Å². The molecule has 0 saturated carbocycles. The largest absolute Gasteiger partial charge is 0.489 e. The Balaban J connectivity index is 1.25. The van der Waals surface area contributed by atoms with Crippen LogP contribution in [0.25, 0.3) is 0 Å². The van der Waals surface area contributed by atoms with Crippen LogP contribution in [0.3, 0.4) is 0 Å². The summed E-state index contributed by atoms with van der Waals surface area (Å²) >= 11 is 1.73. The van der Waals surface area contributed by atoms with Crippen LogP contribution in [0.5, 0.6) is 5.75 Å². The maximum absolute atomic E-state index is 13.2. The lowest BCUT2D eigenvalue weighted by Crippen LogP contribution is -2.35. The average Bonchev–Trinajstić information content (AvgIpc) is 3.24. The molecule has 2 amide bonds. The number of anilines is 1. The van der Waals surface area contributed by atoms with E-state index in [1.54, 1.807) is 29.5 Å². The summed E-state index contributed by atoms with van der Waals surface area (Å²) < 4.78 is 18.8. The number of hydrogen-bond acceptors (Lipinski definition) is 4. The SMILES string of the molecule is O=C(CCC(=O)N1CCc2sccc2C1)Nc1cccc(COc2cccc(F)c2)c1. The van der Waals surface area contributed by atoms with Crippen LogP contribution in [0.2, 0.25) is 0 Å². The van der Waals surface area contributed by atoms with Gasteiger partial charge < -0.3 is 15.0 Å². The van der Waals surface area contributed by atoms with Crippen LogP contribution in [0.1, 0.15) is 28.8 Å². The molecule has 1 aliphatic rings. The van der Waals surface area contributed by atoms with Crippen molar-refractivity contribution in [1.82, 2.24) is 4.90 Å². The molecule has 4 rings (SSSR count). The Kier molecular flexibility index (Phi) is 6.62. The van der Waals surface area contributed by atoms with Crippen LogP contribution in [-0.4, -0.2) is 23.3 Å². The molecule has 31 heavy (non-hydrogen) atoms. The number of carbonyl (C=O) groups excluding carboxylic acids is 2. The van der Waals surface area contributed by atoms with Crippen LogP contribution in [0, 0.1) is 5.82 Å². The number of benzene rings is 2. The van der Waals surface area contributed by atoms with E-state index in [1.807, 2.05) is 23.1 Å². The molecule has 5 nitrogen and oxygen atoms in total. The fourth-order valence-corrected chi connectivity index (χ4v) is 4.42. The molecular weight excluding hydrogens is 415 g/mol. The molecule has 2 heterocycles. The smallest absolute Gasteiger partial charge is 0.224 e. The Morgan fingerprint density at radius 1 is 1.10 bits per heavy atom. The van der Waals surface area contributed by atoms with Gasteiger partial charge in [-0.1, -0.05) is 18.2 Å². The summed E-state index contributed by atoms with van der Waals surface area (Å²) in [4.78, 5) is 28.0. The van der Waals surface area contributed by atoms with E-state index in [0.717, 1.165) is 12.0 Å². The lowest BCUT2D eigenvalue weighted by atomic mass is 10.1. The predicted octanol–water partition coefficient (Wildman–Crippen LogP) is 4.77. The molecular formula is C24H23FN2O3S. The van der Waals surface area contributed by atoms with Gasteiger partial charge in [0.15, 0.2) is 0 Å². The second-order valence-electron chi connectivity index (χ2n) is 7.43. The molecule has 0 bridgehead atoms. The first-order valence-electron chi connectivity index (χ1n) is 10.2. The third-order valence-electron chi connectivity index (χ3n) is 5.14. The van der Waals surface area contributed by atoms with Crippen molar-refractivity contribution >= 4 is 28.8 Å². The fourth-order valence-electron chi connectivity index (χ4n) is 3.53. The maximum atomic E-state index is 13.2. The highest BCUT2D eigenvalue weighted by Crippen LogP contribution is 2.24. The third-order valence-corrected chi connectivity index (χ3v) is 6.16. The van der Waals surface area contributed by atoms with E-state index < -0.39 is 0 Å². The van der Waals surface area contributed by atoms with Crippen molar-refractivity contribution in [3.63, 3.8) is 0 Å². The second-order valence-corrected chi connectivity index (χ2v) is 8.43. The van der Waals surface area contributed by atoms with Gasteiger partial charge in [-0.25, -0.2) is 4.39 Å². The first-order chi connectivity index (χ1) is 15.1. The summed E-state index contributed by atoms with van der Waals surface area (Å²) in [5, 5.41) is 4.89. The highest BCUT2D eigenvalue weighted by Gasteiger charge is 2.21. The molecule has 0 aliphatic carbocycles. The monoisotopic (exact) mass is 438 g/mol. The average molecular weight is 439 g/mol. The predicted molar refractivity (Wildman–Crippen MR) is 118 cm³/mol. The van der Waals surface area contributed by atoms with Crippen molar-refractivity contribution < 1.29 is 18.7 Å². The summed E-state index contributed by atoms with van der Waals surface area (Å²) in [6, 6.07) is 15.3. The van der Waals surface area contributed by atoms with E-state index in [4.69, 9.17) is 4.74 Å². The van der Waals surface area contributed by atoms with E-state index in [2.05, 4.69) is 16.8 Å². The number of rotatable bonds is 7. The number of halogens is 1. The number of carbonyl (C=O) groups is 2. The minimum Gasteiger partial charge on any atom is -0.489 e. The van der Waals surface area contributed by atoms with Gasteiger partial charge in [-0.3, -0.25) is 9.59 Å². The highest BCUT2D eigenvalue weighted by atomic mass is 32.1. The lowest BCUT2D eigenvalue weighted by molar-refractivity contribution is -0.133. The Morgan fingerprint density at radius 2 is 1.97 bits per heavy atom. The summed E-state index contributed by atoms with van der Waals surface area (Å²) in [6.07, 6.45) is 1.21. The molecule has 7 heteroatoms. The van der Waals surface area contributed by atoms with Gasteiger partial charge in [0.1, 0.15) is 18.2 Å². The molecule has 0 saturated heterocycles. The van der Waals surface area contributed by atoms with E-state index in [-0.39, 0.29) is 37.1 Å². The number of nitrogens with zero attached hydrogens (tertiary/aromatic N) is 1. The number of nitrogens with one attached hydrogen (secondary N) is 1. The molecule has 0 atom stereocenters. The van der Waals surface area contributed by atoms with Crippen LogP contribution in [0.4, 0.5) is 10.1 Å². The molecule has 1 N–H and O–H groups in total. The Bertz CT molecular complexity index is 1080. The van der Waals surface area contributed by atoms with Crippen molar-refractivity contribution in [2.75, 3.05) is 11.9 Å². The zero-order chi connectivity index (χ0) is 21.6. The van der Waals surface area contributed by atoms with Crippen molar-refractivity contribution in [1.29, 1.82) is 0 Å². The van der Waals surface area contributed by atoms with Crippen molar-refractivity contribution in [2.24, 2.45) is 0 Å². The minimum absolute atomic E-state index is 0.00393. The molecule has 1 aliphatic heterocycles. The molecule has 0 fully saturated rings. The van der Waals surface area contributed by atoms with Crippen molar-refractivity contribution in [2.45, 2.75) is 32.4 Å². The molecule has 2 aromatic carbocycles. The normalized spacial score (nSPS) is 12.9. The highest BCUT2D eigenvalue weighted by molar-refractivity contribution is 7.10. The first-order valence-corrected chi connectivity index (χ1v) is 11.0. The number of thiophene rings is 1. The van der Waals surface area contributed by atoms with E-state index in [9.17, 15) is 14.0 Å². The topological polar surface area (TPSA) is 58.6 Å². The van der Waals surface area contributed by atoms with Crippen molar-refractivity contribution in [3.05, 3.63) is 81.8 Å². The summed E-state index contributed by atoms with van der Waals surface area (Å²) in [5.41, 5.74) is 2.70. The Morgan fingerprint density at radius 3 is 2.84 bits per heavy atom. The van der Waals surface area contributed by atoms with E-state index in [0.29, 0.717) is 24.5 Å². The van der Waals surface area contributed by atoms with Gasteiger partial charge in [-0.05, 0) is 53.3 Å². The van der Waals surface area contributed by atoms with Crippen molar-refractivity contribution in [3.8, 4) is 5.75 Å². The van der Waals surface area contributed by atoms with Gasteiger partial charge in [0.2, 0.25) is 11.8 Å². The summed E-state index contributed by atoms with van der Waals surface area (Å²) in [7, 11) is 0. The first kappa shape index (κ1) is 21.1. The zero-order valence-corrected chi connectivity index (χ0v) is 17.8. The maximum Gasteiger partial charge on any atom is 0.224 e. The zero-order valence-electron chi connectivity index (χ0n) is 17.0. The molecule has 3 aromatic rings. The second kappa shape index (κ2) is 9.75. The van der Waals surface area contributed by atoms with Gasteiger partial charge in [0.25, 0.3) is 0 Å². The quantitative estimate of drug-likeness (QED) is 0.578. The van der Waals surface area contributed by atoms with Gasteiger partial charge in [-0.15, -0.1) is 11.3 Å². The molecule has 1 aromatic heterocycles. The van der Waals surface area contributed by atoms with Crippen LogP contribution in [-0.2, 0) is 29.2 Å². The molecule has 0 radical (unpaired) electrons. The summed E-state index contributed by atoms with van der Waals surface area (Å²) in [6.45, 7) is 1.60. The number of ether oxygens (including phenoxy) is 1. The van der Waals surface area contributed by atoms with Gasteiger partial charge in [0.05, 0.1) is 0 Å². The Hall–Kier alpha value is -3.19. The fraction of sp³-hybridized carbons (Fsp3) is 0.250. The molecule has 0 spiro atoms. The Labute approximate surface area is 184 Å². The number of fused-ring (bicyclic) bond motifs is 1. The van der Waals surface area contributed by atoms with Gasteiger partial charge in [-0.2, -0.15) is 0 Å². The van der Waals surface area contributed by atoms with Gasteiger partial charge in [0, 0.05) is 42.6 Å². The van der Waals surface area contributed by atoms with Crippen LogP contribution >= 0.6 is 11.3 Å². The van der Waals surface area contributed by atoms with E-state index in [1.165, 1.54) is 22.6 Å². The minimum atomic E-state index is -0.353. The number of hydrogen-bond donors (Lipinski definition) is 1. The van der Waals surface area contributed by atoms with Crippen LogP contribution < -0.4 is 10.1 Å². The van der Waals surface area contributed by atoms with Crippen LogP contribution in [0.15, 0.2) is 60.0 Å². The standard InChI is InChI=1S/C24H23FN2O3S/c25-19-4-2-6-21(14-19)30-16-17-3-1-5-20(13-17)26-23(28)7-8-24(29)27-11-9-22-18(15-27)10-12-31-22/h1-6,10,12-14H,7-9,11,15-16H2,(H,26,28). The number of amides is 2.